The lowest BCUT2D eigenvalue weighted by Gasteiger charge is -2.40. The lowest BCUT2D eigenvalue weighted by atomic mass is 10.00. The number of hydrogen-bond acceptors (Lipinski definition) is 2. The standard InChI is InChI=1S/C6H9I3O3S/c7-5(8)3-1-2-4-6(5,9)13(10,11)12/h1-4H2,(H,10,11,12). The summed E-state index contributed by atoms with van der Waals surface area (Å²) in [5, 5.41) is 0. The molecule has 0 bridgehead atoms. The SMILES string of the molecule is O=S(=O)(O)C1(I)CCCCC1(I)I. The van der Waals surface area contributed by atoms with Crippen LogP contribution in [0.25, 0.3) is 0 Å². The van der Waals surface area contributed by atoms with Gasteiger partial charge < -0.3 is 0 Å². The van der Waals surface area contributed by atoms with Crippen LogP contribution in [0.15, 0.2) is 0 Å². The molecule has 1 unspecified atom stereocenters. The molecule has 0 amide bonds. The topological polar surface area (TPSA) is 54.4 Å². The fourth-order valence-corrected chi connectivity index (χ4v) is 5.89. The zero-order valence-corrected chi connectivity index (χ0v) is 13.9. The van der Waals surface area contributed by atoms with E-state index in [2.05, 4.69) is 45.2 Å². The summed E-state index contributed by atoms with van der Waals surface area (Å²) in [5.41, 5.74) is 0. The summed E-state index contributed by atoms with van der Waals surface area (Å²) >= 11 is 6.16. The van der Waals surface area contributed by atoms with E-state index in [0.717, 1.165) is 19.3 Å². The highest BCUT2D eigenvalue weighted by Gasteiger charge is 2.56. The van der Waals surface area contributed by atoms with Crippen LogP contribution in [0, 0.1) is 0 Å². The Hall–Kier alpha value is 2.10. The van der Waals surface area contributed by atoms with E-state index in [1.54, 1.807) is 0 Å². The van der Waals surface area contributed by atoms with E-state index >= 15 is 0 Å². The Morgan fingerprint density at radius 3 is 1.85 bits per heavy atom. The van der Waals surface area contributed by atoms with Crippen LogP contribution < -0.4 is 0 Å². The fraction of sp³-hybridized carbons (Fsp3) is 1.00. The average molecular weight is 542 g/mol. The van der Waals surface area contributed by atoms with Crippen molar-refractivity contribution in [2.45, 2.75) is 29.9 Å². The largest absolute Gasteiger partial charge is 0.284 e. The van der Waals surface area contributed by atoms with Crippen molar-refractivity contribution in [1.82, 2.24) is 0 Å². The van der Waals surface area contributed by atoms with Gasteiger partial charge in [-0.05, 0) is 12.8 Å². The Morgan fingerprint density at radius 2 is 1.54 bits per heavy atom. The molecule has 0 aromatic rings. The van der Waals surface area contributed by atoms with Crippen molar-refractivity contribution in [3.05, 3.63) is 0 Å². The Labute approximate surface area is 119 Å². The Morgan fingerprint density at radius 1 is 1.08 bits per heavy atom. The molecule has 1 fully saturated rings. The van der Waals surface area contributed by atoms with Gasteiger partial charge in [-0.1, -0.05) is 80.6 Å². The molecular weight excluding hydrogens is 533 g/mol. The normalized spacial score (nSPS) is 34.5. The number of hydrogen-bond donors (Lipinski definition) is 1. The first kappa shape index (κ1) is 13.2. The molecule has 1 aliphatic rings. The third-order valence-corrected chi connectivity index (χ3v) is 12.4. The monoisotopic (exact) mass is 542 g/mol. The van der Waals surface area contributed by atoms with E-state index in [0.29, 0.717) is 6.42 Å². The summed E-state index contributed by atoms with van der Waals surface area (Å²) in [6.45, 7) is 0. The predicted molar refractivity (Wildman–Crippen MR) is 77.5 cm³/mol. The lowest BCUT2D eigenvalue weighted by molar-refractivity contribution is 0.423. The summed E-state index contributed by atoms with van der Waals surface area (Å²) in [6, 6.07) is 0. The van der Waals surface area contributed by atoms with E-state index in [-0.39, 0.29) is 0 Å². The first-order valence-corrected chi connectivity index (χ1v) is 8.42. The van der Waals surface area contributed by atoms with E-state index in [1.165, 1.54) is 0 Å². The maximum Gasteiger partial charge on any atom is 0.282 e. The summed E-state index contributed by atoms with van der Waals surface area (Å²) in [4.78, 5) is 0. The second-order valence-electron chi connectivity index (χ2n) is 3.12. The number of halogens is 3. The molecule has 0 heterocycles. The van der Waals surface area contributed by atoms with Crippen molar-refractivity contribution in [3.63, 3.8) is 0 Å². The van der Waals surface area contributed by atoms with Gasteiger partial charge in [-0.25, -0.2) is 0 Å². The third-order valence-electron chi connectivity index (χ3n) is 2.19. The smallest absolute Gasteiger partial charge is 0.282 e. The highest BCUT2D eigenvalue weighted by Crippen LogP contribution is 2.56. The molecule has 13 heavy (non-hydrogen) atoms. The van der Waals surface area contributed by atoms with E-state index < -0.39 is 14.3 Å². The summed E-state index contributed by atoms with van der Waals surface area (Å²) in [6.07, 6.45) is 3.28. The van der Waals surface area contributed by atoms with Gasteiger partial charge in [0.2, 0.25) is 0 Å². The zero-order chi connectivity index (χ0) is 10.3. The van der Waals surface area contributed by atoms with Crippen molar-refractivity contribution in [2.24, 2.45) is 0 Å². The van der Waals surface area contributed by atoms with Crippen molar-refractivity contribution >= 4 is 77.9 Å². The molecule has 1 rings (SSSR count). The van der Waals surface area contributed by atoms with Gasteiger partial charge in [-0.2, -0.15) is 8.42 Å². The van der Waals surface area contributed by atoms with Gasteiger partial charge in [0.1, 0.15) is 1.43 Å². The Bertz CT molecular complexity index is 300. The van der Waals surface area contributed by atoms with Crippen LogP contribution in [-0.4, -0.2) is 17.2 Å². The summed E-state index contributed by atoms with van der Waals surface area (Å²) < 4.78 is 30.3. The second kappa shape index (κ2) is 4.17. The molecule has 0 aromatic heterocycles. The predicted octanol–water partition coefficient (Wildman–Crippen LogP) is 3.15. The number of alkyl halides is 3. The van der Waals surface area contributed by atoms with Gasteiger partial charge in [-0.3, -0.25) is 4.55 Å². The van der Waals surface area contributed by atoms with E-state index in [1.807, 2.05) is 22.6 Å². The average Bonchev–Trinajstić information content (AvgIpc) is 1.93. The molecule has 0 radical (unpaired) electrons. The van der Waals surface area contributed by atoms with Gasteiger partial charge in [0, 0.05) is 0 Å². The second-order valence-corrected chi connectivity index (χ2v) is 13.1. The van der Waals surface area contributed by atoms with Crippen LogP contribution in [-0.2, 0) is 10.1 Å². The molecule has 1 atom stereocenters. The quantitative estimate of drug-likeness (QED) is 0.315. The van der Waals surface area contributed by atoms with Crippen LogP contribution in [0.1, 0.15) is 25.7 Å². The van der Waals surface area contributed by atoms with E-state index in [9.17, 15) is 13.0 Å². The minimum absolute atomic E-state index is 0.394. The van der Waals surface area contributed by atoms with Gasteiger partial charge in [0.25, 0.3) is 10.1 Å². The molecule has 1 aliphatic carbocycles. The van der Waals surface area contributed by atoms with Crippen LogP contribution in [0.2, 0.25) is 0 Å². The molecule has 3 nitrogen and oxygen atoms in total. The number of rotatable bonds is 1. The lowest BCUT2D eigenvalue weighted by Crippen LogP contribution is -2.48. The minimum Gasteiger partial charge on any atom is -0.284 e. The molecule has 1 N–H and O–H groups in total. The first-order chi connectivity index (χ1) is 5.71. The zero-order valence-electron chi connectivity index (χ0n) is 6.63. The minimum atomic E-state index is -3.96. The first-order valence-electron chi connectivity index (χ1n) is 3.74. The fourth-order valence-electron chi connectivity index (χ4n) is 1.39. The van der Waals surface area contributed by atoms with Crippen LogP contribution in [0.4, 0.5) is 0 Å². The van der Waals surface area contributed by atoms with Crippen molar-refractivity contribution < 1.29 is 13.0 Å². The van der Waals surface area contributed by atoms with E-state index in [4.69, 9.17) is 0 Å². The highest BCUT2D eigenvalue weighted by molar-refractivity contribution is 14.2. The maximum atomic E-state index is 11.3. The van der Waals surface area contributed by atoms with Gasteiger partial charge in [0.05, 0.1) is 0 Å². The van der Waals surface area contributed by atoms with Crippen molar-refractivity contribution in [1.29, 1.82) is 0 Å². The molecule has 7 heteroatoms. The maximum absolute atomic E-state index is 11.3. The van der Waals surface area contributed by atoms with Gasteiger partial charge >= 0.3 is 0 Å². The molecule has 1 saturated carbocycles. The molecule has 0 saturated heterocycles. The van der Waals surface area contributed by atoms with Crippen molar-refractivity contribution in [2.75, 3.05) is 0 Å². The van der Waals surface area contributed by atoms with Gasteiger partial charge in [-0.15, -0.1) is 0 Å². The molecule has 0 aromatic carbocycles. The highest BCUT2D eigenvalue weighted by atomic mass is 127. The van der Waals surface area contributed by atoms with Gasteiger partial charge in [0.15, 0.2) is 2.75 Å². The molecule has 0 spiro atoms. The van der Waals surface area contributed by atoms with Crippen molar-refractivity contribution in [3.8, 4) is 0 Å². The van der Waals surface area contributed by atoms with Crippen LogP contribution >= 0.6 is 67.8 Å². The third kappa shape index (κ3) is 2.44. The summed E-state index contributed by atoms with van der Waals surface area (Å²) in [5.74, 6) is 0. The van der Waals surface area contributed by atoms with Crippen LogP contribution in [0.5, 0.6) is 0 Å². The van der Waals surface area contributed by atoms with Crippen LogP contribution in [0.3, 0.4) is 0 Å². The molecule has 78 valence electrons. The Balaban J connectivity index is 3.13. The Kier molecular flexibility index (Phi) is 4.22. The molecule has 0 aliphatic heterocycles. The molecular formula is C6H9I3O3S. The summed E-state index contributed by atoms with van der Waals surface area (Å²) in [7, 11) is -3.96.